The van der Waals surface area contributed by atoms with E-state index in [2.05, 4.69) is 39.8 Å². The molecule has 1 aromatic carbocycles. The van der Waals surface area contributed by atoms with Gasteiger partial charge in [-0.2, -0.15) is 0 Å². The van der Waals surface area contributed by atoms with Crippen LogP contribution >= 0.6 is 0 Å². The van der Waals surface area contributed by atoms with Crippen molar-refractivity contribution in [1.82, 2.24) is 0 Å². The zero-order valence-corrected chi connectivity index (χ0v) is 22.5. The van der Waals surface area contributed by atoms with Crippen molar-refractivity contribution in [3.8, 4) is 0 Å². The lowest BCUT2D eigenvalue weighted by molar-refractivity contribution is 0.0421. The number of hydrogen-bond donors (Lipinski definition) is 0. The predicted molar refractivity (Wildman–Crippen MR) is 144 cm³/mol. The lowest BCUT2D eigenvalue weighted by atomic mass is 9.87. The van der Waals surface area contributed by atoms with E-state index >= 15 is 0 Å². The van der Waals surface area contributed by atoms with Crippen LogP contribution in [0.5, 0.6) is 0 Å². The van der Waals surface area contributed by atoms with E-state index in [0.717, 1.165) is 12.0 Å². The molecular formula is C31H54O2. The summed E-state index contributed by atoms with van der Waals surface area (Å²) in [6.45, 7) is 9.63. The molecule has 2 atom stereocenters. The van der Waals surface area contributed by atoms with Gasteiger partial charge in [0, 0.05) is 0 Å². The monoisotopic (exact) mass is 458 g/mol. The molecule has 0 aliphatic heterocycles. The summed E-state index contributed by atoms with van der Waals surface area (Å²) in [7, 11) is 0. The van der Waals surface area contributed by atoms with Crippen LogP contribution in [0, 0.1) is 11.8 Å². The third-order valence-corrected chi connectivity index (χ3v) is 7.06. The van der Waals surface area contributed by atoms with Crippen molar-refractivity contribution in [2.75, 3.05) is 6.61 Å². The summed E-state index contributed by atoms with van der Waals surface area (Å²) in [4.78, 5) is 13.1. The average Bonchev–Trinajstić information content (AvgIpc) is 2.84. The summed E-state index contributed by atoms with van der Waals surface area (Å²) in [5.74, 6) is 1.07. The van der Waals surface area contributed by atoms with E-state index in [1.807, 2.05) is 12.1 Å². The molecule has 2 unspecified atom stereocenters. The highest BCUT2D eigenvalue weighted by molar-refractivity contribution is 5.91. The van der Waals surface area contributed by atoms with Gasteiger partial charge in [-0.15, -0.1) is 0 Å². The first-order valence-electron chi connectivity index (χ1n) is 14.4. The molecule has 0 heterocycles. The molecule has 1 aromatic rings. The van der Waals surface area contributed by atoms with E-state index in [1.165, 1.54) is 108 Å². The van der Waals surface area contributed by atoms with Crippen LogP contribution in [-0.4, -0.2) is 12.6 Å². The minimum Gasteiger partial charge on any atom is -0.462 e. The lowest BCUT2D eigenvalue weighted by Gasteiger charge is -2.20. The molecule has 1 rings (SSSR count). The molecule has 33 heavy (non-hydrogen) atoms. The van der Waals surface area contributed by atoms with E-state index < -0.39 is 0 Å². The Bertz CT molecular complexity index is 594. The molecule has 0 spiro atoms. The van der Waals surface area contributed by atoms with Crippen LogP contribution in [-0.2, 0) is 11.2 Å². The van der Waals surface area contributed by atoms with Gasteiger partial charge in [-0.3, -0.25) is 0 Å². The van der Waals surface area contributed by atoms with Crippen LogP contribution in [0.4, 0.5) is 0 Å². The molecule has 0 aliphatic rings. The predicted octanol–water partition coefficient (Wildman–Crippen LogP) is 9.94. The molecule has 0 saturated heterocycles. The van der Waals surface area contributed by atoms with Crippen LogP contribution in [0.15, 0.2) is 24.3 Å². The second-order valence-corrected chi connectivity index (χ2v) is 10.2. The van der Waals surface area contributed by atoms with Gasteiger partial charge in [-0.1, -0.05) is 136 Å². The molecule has 0 bridgehead atoms. The van der Waals surface area contributed by atoms with Gasteiger partial charge in [0.2, 0.25) is 0 Å². The third-order valence-electron chi connectivity index (χ3n) is 7.06. The summed E-state index contributed by atoms with van der Waals surface area (Å²) in [6.07, 6.45) is 21.3. The van der Waals surface area contributed by atoms with Gasteiger partial charge in [0.05, 0.1) is 12.2 Å². The second-order valence-electron chi connectivity index (χ2n) is 10.2. The zero-order chi connectivity index (χ0) is 24.2. The van der Waals surface area contributed by atoms with E-state index in [4.69, 9.17) is 4.74 Å². The fraction of sp³-hybridized carbons (Fsp3) is 0.774. The van der Waals surface area contributed by atoms with E-state index in [9.17, 15) is 4.79 Å². The normalized spacial score (nSPS) is 13.1. The highest BCUT2D eigenvalue weighted by atomic mass is 16.5. The van der Waals surface area contributed by atoms with Crippen LogP contribution in [0.3, 0.4) is 0 Å². The van der Waals surface area contributed by atoms with Crippen LogP contribution in [0.2, 0.25) is 0 Å². The van der Waals surface area contributed by atoms with Crippen molar-refractivity contribution in [1.29, 1.82) is 0 Å². The van der Waals surface area contributed by atoms with Crippen LogP contribution in [0.1, 0.15) is 146 Å². The summed E-state index contributed by atoms with van der Waals surface area (Å²) in [5, 5.41) is 0. The van der Waals surface area contributed by atoms with Crippen LogP contribution in [0.25, 0.3) is 0 Å². The maximum atomic E-state index is 13.1. The molecule has 190 valence electrons. The van der Waals surface area contributed by atoms with Crippen molar-refractivity contribution < 1.29 is 9.53 Å². The van der Waals surface area contributed by atoms with Gasteiger partial charge in [0.1, 0.15) is 0 Å². The van der Waals surface area contributed by atoms with Crippen LogP contribution < -0.4 is 0 Å². The van der Waals surface area contributed by atoms with Gasteiger partial charge < -0.3 is 4.74 Å². The third kappa shape index (κ3) is 13.9. The first-order chi connectivity index (χ1) is 16.2. The molecule has 2 nitrogen and oxygen atoms in total. The second kappa shape index (κ2) is 20.1. The molecule has 0 aliphatic carbocycles. The SMILES string of the molecule is CCCCCCC(CCCC)COC(=O)c1ccccc1CC(CCCC)CCCCCC. The maximum Gasteiger partial charge on any atom is 0.338 e. The quantitative estimate of drug-likeness (QED) is 0.135. The Hall–Kier alpha value is -1.31. The number of rotatable bonds is 21. The van der Waals surface area contributed by atoms with Gasteiger partial charge in [0.25, 0.3) is 0 Å². The first kappa shape index (κ1) is 29.7. The molecular weight excluding hydrogens is 404 g/mol. The number of carbonyl (C=O) groups is 1. The Morgan fingerprint density at radius 1 is 0.667 bits per heavy atom. The Balaban J connectivity index is 2.71. The Labute approximate surface area is 206 Å². The van der Waals surface area contributed by atoms with Gasteiger partial charge in [-0.05, 0) is 42.7 Å². The number of hydrogen-bond acceptors (Lipinski definition) is 2. The number of benzene rings is 1. The number of carbonyl (C=O) groups excluding carboxylic acids is 1. The molecule has 0 amide bonds. The van der Waals surface area contributed by atoms with Crippen molar-refractivity contribution in [3.05, 3.63) is 35.4 Å². The Morgan fingerprint density at radius 2 is 1.18 bits per heavy atom. The largest absolute Gasteiger partial charge is 0.462 e. The lowest BCUT2D eigenvalue weighted by Crippen LogP contribution is -2.17. The summed E-state index contributed by atoms with van der Waals surface area (Å²) >= 11 is 0. The smallest absolute Gasteiger partial charge is 0.338 e. The molecule has 0 N–H and O–H groups in total. The minimum atomic E-state index is -0.110. The summed E-state index contributed by atoms with van der Waals surface area (Å²) < 4.78 is 5.92. The molecule has 0 saturated carbocycles. The summed E-state index contributed by atoms with van der Waals surface area (Å²) in [5.41, 5.74) is 1.99. The first-order valence-corrected chi connectivity index (χ1v) is 14.4. The fourth-order valence-corrected chi connectivity index (χ4v) is 4.84. The van der Waals surface area contributed by atoms with Crippen molar-refractivity contribution in [2.45, 2.75) is 137 Å². The fourth-order valence-electron chi connectivity index (χ4n) is 4.84. The van der Waals surface area contributed by atoms with E-state index in [1.54, 1.807) is 0 Å². The van der Waals surface area contributed by atoms with Gasteiger partial charge >= 0.3 is 5.97 Å². The molecule has 0 aromatic heterocycles. The van der Waals surface area contributed by atoms with Crippen molar-refractivity contribution in [2.24, 2.45) is 11.8 Å². The van der Waals surface area contributed by atoms with Gasteiger partial charge in [-0.25, -0.2) is 4.79 Å². The number of ether oxygens (including phenoxy) is 1. The highest BCUT2D eigenvalue weighted by Crippen LogP contribution is 2.25. The zero-order valence-electron chi connectivity index (χ0n) is 22.5. The molecule has 2 heteroatoms. The minimum absolute atomic E-state index is 0.110. The number of unbranched alkanes of at least 4 members (excludes halogenated alkanes) is 8. The van der Waals surface area contributed by atoms with E-state index in [0.29, 0.717) is 18.4 Å². The Morgan fingerprint density at radius 3 is 1.79 bits per heavy atom. The van der Waals surface area contributed by atoms with Gasteiger partial charge in [0.15, 0.2) is 0 Å². The molecule has 0 radical (unpaired) electrons. The Kier molecular flexibility index (Phi) is 18.1. The van der Waals surface area contributed by atoms with Crippen molar-refractivity contribution >= 4 is 5.97 Å². The number of esters is 1. The van der Waals surface area contributed by atoms with E-state index in [-0.39, 0.29) is 5.97 Å². The highest BCUT2D eigenvalue weighted by Gasteiger charge is 2.18. The van der Waals surface area contributed by atoms with Crippen molar-refractivity contribution in [3.63, 3.8) is 0 Å². The summed E-state index contributed by atoms with van der Waals surface area (Å²) in [6, 6.07) is 8.20. The topological polar surface area (TPSA) is 26.3 Å². The standard InChI is InChI=1S/C31H54O2/c1-5-9-13-15-21-27(19-11-7-3)25-29-23-17-18-24-30(29)31(32)33-26-28(20-12-8-4)22-16-14-10-6-2/h17-18,23-24,27-28H,5-16,19-22,25-26H2,1-4H3. The maximum absolute atomic E-state index is 13.1. The average molecular weight is 459 g/mol. The molecule has 0 fully saturated rings.